The quantitative estimate of drug-likeness (QED) is 0.615. The molecule has 0 spiro atoms. The van der Waals surface area contributed by atoms with Gasteiger partial charge in [-0.1, -0.05) is 6.08 Å². The van der Waals surface area contributed by atoms with Crippen LogP contribution in [0.15, 0.2) is 11.6 Å². The first-order valence-electron chi connectivity index (χ1n) is 4.70. The van der Waals surface area contributed by atoms with Crippen molar-refractivity contribution in [2.75, 3.05) is 13.6 Å². The van der Waals surface area contributed by atoms with Gasteiger partial charge < -0.3 is 4.90 Å². The lowest BCUT2D eigenvalue weighted by Crippen LogP contribution is -2.28. The fourth-order valence-electron chi connectivity index (χ4n) is 1.42. The van der Waals surface area contributed by atoms with E-state index >= 15 is 0 Å². The fourth-order valence-corrected chi connectivity index (χ4v) is 1.42. The van der Waals surface area contributed by atoms with Crippen molar-refractivity contribution < 1.29 is 4.79 Å². The third-order valence-corrected chi connectivity index (χ3v) is 2.39. The second kappa shape index (κ2) is 4.29. The molecular weight excluding hydrogens is 150 g/mol. The van der Waals surface area contributed by atoms with E-state index in [4.69, 9.17) is 0 Å². The molecule has 2 heteroatoms. The normalized spacial score (nSPS) is 17.0. The fraction of sp³-hybridized carbons (Fsp3) is 0.700. The molecule has 1 amide bonds. The van der Waals surface area contributed by atoms with E-state index in [1.54, 1.807) is 4.90 Å². The Balaban J connectivity index is 2.56. The van der Waals surface area contributed by atoms with Crippen molar-refractivity contribution in [2.45, 2.75) is 32.6 Å². The summed E-state index contributed by atoms with van der Waals surface area (Å²) in [5.41, 5.74) is 1.02. The maximum Gasteiger partial charge on any atom is 0.249 e. The van der Waals surface area contributed by atoms with Crippen LogP contribution >= 0.6 is 0 Å². The van der Waals surface area contributed by atoms with Gasteiger partial charge in [0.1, 0.15) is 0 Å². The maximum atomic E-state index is 11.6. The number of nitrogens with zero attached hydrogens (tertiary/aromatic N) is 1. The zero-order valence-corrected chi connectivity index (χ0v) is 7.97. The number of hydrogen-bond donors (Lipinski definition) is 0. The second-order valence-electron chi connectivity index (χ2n) is 3.29. The summed E-state index contributed by atoms with van der Waals surface area (Å²) >= 11 is 0. The van der Waals surface area contributed by atoms with E-state index in [0.717, 1.165) is 25.0 Å². The molecule has 0 N–H and O–H groups in total. The molecule has 0 heterocycles. The van der Waals surface area contributed by atoms with Crippen LogP contribution in [0, 0.1) is 0 Å². The Morgan fingerprint density at radius 2 is 2.33 bits per heavy atom. The highest BCUT2D eigenvalue weighted by molar-refractivity contribution is 5.93. The standard InChI is InChI=1S/C10H17NO/c1-3-11(2)10(12)9-7-5-4-6-8-9/h7H,3-6,8H2,1-2H3. The Bertz CT molecular complexity index is 196. The summed E-state index contributed by atoms with van der Waals surface area (Å²) in [7, 11) is 1.86. The van der Waals surface area contributed by atoms with Crippen molar-refractivity contribution in [1.82, 2.24) is 4.90 Å². The van der Waals surface area contributed by atoms with Crippen molar-refractivity contribution in [3.63, 3.8) is 0 Å². The molecule has 12 heavy (non-hydrogen) atoms. The molecule has 1 rings (SSSR count). The summed E-state index contributed by atoms with van der Waals surface area (Å²) in [5.74, 6) is 0.220. The van der Waals surface area contributed by atoms with Gasteiger partial charge in [-0.2, -0.15) is 0 Å². The molecule has 0 saturated carbocycles. The average Bonchev–Trinajstić information content (AvgIpc) is 2.17. The van der Waals surface area contributed by atoms with Gasteiger partial charge in [-0.3, -0.25) is 4.79 Å². The first-order valence-corrected chi connectivity index (χ1v) is 4.70. The summed E-state index contributed by atoms with van der Waals surface area (Å²) in [6, 6.07) is 0. The summed E-state index contributed by atoms with van der Waals surface area (Å²) in [6.45, 7) is 2.80. The molecule has 2 nitrogen and oxygen atoms in total. The Kier molecular flexibility index (Phi) is 3.32. The number of rotatable bonds is 2. The van der Waals surface area contributed by atoms with Crippen LogP contribution in [0.1, 0.15) is 32.6 Å². The Labute approximate surface area is 74.2 Å². The van der Waals surface area contributed by atoms with Gasteiger partial charge in [-0.05, 0) is 32.6 Å². The van der Waals surface area contributed by atoms with E-state index in [2.05, 4.69) is 6.08 Å². The largest absolute Gasteiger partial charge is 0.342 e. The van der Waals surface area contributed by atoms with Crippen LogP contribution in [0.2, 0.25) is 0 Å². The van der Waals surface area contributed by atoms with Gasteiger partial charge in [0.15, 0.2) is 0 Å². The van der Waals surface area contributed by atoms with E-state index in [1.807, 2.05) is 14.0 Å². The van der Waals surface area contributed by atoms with Crippen LogP contribution in [0.3, 0.4) is 0 Å². The predicted octanol–water partition coefficient (Wildman–Crippen LogP) is 1.97. The van der Waals surface area contributed by atoms with Gasteiger partial charge in [0.05, 0.1) is 0 Å². The number of carbonyl (C=O) groups excluding carboxylic acids is 1. The molecule has 0 aromatic heterocycles. The molecule has 0 aromatic carbocycles. The lowest BCUT2D eigenvalue weighted by molar-refractivity contribution is -0.125. The molecule has 1 aliphatic carbocycles. The summed E-state index contributed by atoms with van der Waals surface area (Å²) < 4.78 is 0. The van der Waals surface area contributed by atoms with Gasteiger partial charge in [-0.15, -0.1) is 0 Å². The minimum Gasteiger partial charge on any atom is -0.342 e. The smallest absolute Gasteiger partial charge is 0.249 e. The van der Waals surface area contributed by atoms with Crippen LogP contribution < -0.4 is 0 Å². The monoisotopic (exact) mass is 167 g/mol. The minimum absolute atomic E-state index is 0.220. The van der Waals surface area contributed by atoms with Crippen LogP contribution in [0.4, 0.5) is 0 Å². The van der Waals surface area contributed by atoms with Crippen molar-refractivity contribution >= 4 is 5.91 Å². The van der Waals surface area contributed by atoms with Gasteiger partial charge in [0, 0.05) is 19.2 Å². The van der Waals surface area contributed by atoms with Crippen LogP contribution in [0.5, 0.6) is 0 Å². The molecule has 0 aromatic rings. The van der Waals surface area contributed by atoms with Gasteiger partial charge in [-0.25, -0.2) is 0 Å². The number of likely N-dealkylation sites (N-methyl/N-ethyl adjacent to an activating group) is 1. The second-order valence-corrected chi connectivity index (χ2v) is 3.29. The van der Waals surface area contributed by atoms with Crippen LogP contribution in [0.25, 0.3) is 0 Å². The van der Waals surface area contributed by atoms with Crippen LogP contribution in [-0.2, 0) is 4.79 Å². The SMILES string of the molecule is CCN(C)C(=O)C1=CCCCC1. The van der Waals surface area contributed by atoms with E-state index in [1.165, 1.54) is 12.8 Å². The predicted molar refractivity (Wildman–Crippen MR) is 49.9 cm³/mol. The molecule has 0 atom stereocenters. The molecule has 0 aliphatic heterocycles. The van der Waals surface area contributed by atoms with Crippen molar-refractivity contribution in [3.05, 3.63) is 11.6 Å². The van der Waals surface area contributed by atoms with Gasteiger partial charge >= 0.3 is 0 Å². The highest BCUT2D eigenvalue weighted by atomic mass is 16.2. The van der Waals surface area contributed by atoms with Gasteiger partial charge in [0.2, 0.25) is 5.91 Å². The van der Waals surface area contributed by atoms with Crippen LogP contribution in [-0.4, -0.2) is 24.4 Å². The van der Waals surface area contributed by atoms with Gasteiger partial charge in [0.25, 0.3) is 0 Å². The highest BCUT2D eigenvalue weighted by Gasteiger charge is 2.14. The highest BCUT2D eigenvalue weighted by Crippen LogP contribution is 2.18. The van der Waals surface area contributed by atoms with E-state index in [0.29, 0.717) is 0 Å². The first kappa shape index (κ1) is 9.30. The van der Waals surface area contributed by atoms with Crippen molar-refractivity contribution in [2.24, 2.45) is 0 Å². The third-order valence-electron chi connectivity index (χ3n) is 2.39. The van der Waals surface area contributed by atoms with E-state index < -0.39 is 0 Å². The molecule has 0 fully saturated rings. The van der Waals surface area contributed by atoms with Crippen molar-refractivity contribution in [3.8, 4) is 0 Å². The summed E-state index contributed by atoms with van der Waals surface area (Å²) in [5, 5.41) is 0. The number of allylic oxidation sites excluding steroid dienone is 1. The lowest BCUT2D eigenvalue weighted by atomic mass is 9.99. The molecule has 68 valence electrons. The summed E-state index contributed by atoms with van der Waals surface area (Å²) in [4.78, 5) is 13.4. The maximum absolute atomic E-state index is 11.6. The molecule has 0 saturated heterocycles. The Morgan fingerprint density at radius 3 is 2.83 bits per heavy atom. The molecule has 0 bridgehead atoms. The number of amides is 1. The number of hydrogen-bond acceptors (Lipinski definition) is 1. The lowest BCUT2D eigenvalue weighted by Gasteiger charge is -2.18. The molecule has 0 radical (unpaired) electrons. The molecule has 1 aliphatic rings. The number of carbonyl (C=O) groups is 1. The van der Waals surface area contributed by atoms with E-state index in [9.17, 15) is 4.79 Å². The minimum atomic E-state index is 0.220. The Hall–Kier alpha value is -0.790. The summed E-state index contributed by atoms with van der Waals surface area (Å²) in [6.07, 6.45) is 6.57. The zero-order valence-electron chi connectivity index (χ0n) is 7.97. The Morgan fingerprint density at radius 1 is 1.58 bits per heavy atom. The van der Waals surface area contributed by atoms with Crippen molar-refractivity contribution in [1.29, 1.82) is 0 Å². The zero-order chi connectivity index (χ0) is 8.97. The topological polar surface area (TPSA) is 20.3 Å². The first-order chi connectivity index (χ1) is 5.75. The molecule has 0 unspecified atom stereocenters. The van der Waals surface area contributed by atoms with E-state index in [-0.39, 0.29) is 5.91 Å². The molecular formula is C10H17NO. The average molecular weight is 167 g/mol. The third kappa shape index (κ3) is 2.10.